The molecule has 2 rings (SSSR count). The Hall–Kier alpha value is -1.38. The van der Waals surface area contributed by atoms with Crippen molar-refractivity contribution in [1.29, 1.82) is 0 Å². The monoisotopic (exact) mass is 266 g/mol. The molecule has 0 aromatic carbocycles. The highest BCUT2D eigenvalue weighted by molar-refractivity contribution is 4.96. The maximum absolute atomic E-state index is 13.4. The van der Waals surface area contributed by atoms with Crippen LogP contribution in [0.25, 0.3) is 0 Å². The summed E-state index contributed by atoms with van der Waals surface area (Å²) in [5.74, 6) is -4.11. The molecule has 0 aliphatic heterocycles. The second-order valence-corrected chi connectivity index (χ2v) is 4.83. The SMILES string of the molecule is O=[N+]([O-])C(F)(CO[C@H]1C[C@H]2C[C@@H]1C[C@@H]2F)[N+](=O)[O-]. The highest BCUT2D eigenvalue weighted by atomic mass is 19.2. The van der Waals surface area contributed by atoms with Crippen LogP contribution in [0.1, 0.15) is 19.3 Å². The average molecular weight is 266 g/mol. The lowest BCUT2D eigenvalue weighted by atomic mass is 9.96. The lowest BCUT2D eigenvalue weighted by Gasteiger charge is -2.24. The Kier molecular flexibility index (Phi) is 3.18. The number of rotatable bonds is 5. The van der Waals surface area contributed by atoms with Gasteiger partial charge in [-0.15, -0.1) is 0 Å². The lowest BCUT2D eigenvalue weighted by Crippen LogP contribution is -2.47. The van der Waals surface area contributed by atoms with Gasteiger partial charge < -0.3 is 4.74 Å². The van der Waals surface area contributed by atoms with Crippen LogP contribution in [0.2, 0.25) is 0 Å². The summed E-state index contributed by atoms with van der Waals surface area (Å²) >= 11 is 0. The number of alkyl halides is 2. The van der Waals surface area contributed by atoms with Crippen LogP contribution >= 0.6 is 0 Å². The third kappa shape index (κ3) is 2.02. The van der Waals surface area contributed by atoms with E-state index < -0.39 is 34.6 Å². The molecule has 0 unspecified atom stereocenters. The van der Waals surface area contributed by atoms with Gasteiger partial charge in [0.15, 0.2) is 0 Å². The van der Waals surface area contributed by atoms with Crippen molar-refractivity contribution in [2.75, 3.05) is 6.61 Å². The largest absolute Gasteiger partial charge is 0.637 e. The molecule has 0 aromatic heterocycles. The molecule has 2 aliphatic rings. The summed E-state index contributed by atoms with van der Waals surface area (Å²) < 4.78 is 31.5. The molecule has 7 nitrogen and oxygen atoms in total. The molecule has 0 N–H and O–H groups in total. The molecule has 4 atom stereocenters. The van der Waals surface area contributed by atoms with Crippen LogP contribution in [0.4, 0.5) is 8.78 Å². The van der Waals surface area contributed by atoms with E-state index in [-0.39, 0.29) is 18.3 Å². The normalized spacial score (nSPS) is 34.8. The number of ether oxygens (including phenoxy) is 1. The van der Waals surface area contributed by atoms with Gasteiger partial charge in [-0.1, -0.05) is 4.39 Å². The van der Waals surface area contributed by atoms with Gasteiger partial charge in [0.1, 0.15) is 16.0 Å². The van der Waals surface area contributed by atoms with Gasteiger partial charge in [0.25, 0.3) is 0 Å². The van der Waals surface area contributed by atoms with E-state index in [0.717, 1.165) is 0 Å². The van der Waals surface area contributed by atoms with Gasteiger partial charge >= 0.3 is 5.92 Å². The Morgan fingerprint density at radius 2 is 1.78 bits per heavy atom. The quantitative estimate of drug-likeness (QED) is 0.323. The molecule has 0 amide bonds. The maximum atomic E-state index is 13.4. The summed E-state index contributed by atoms with van der Waals surface area (Å²) in [7, 11) is 0. The van der Waals surface area contributed by atoms with E-state index in [9.17, 15) is 29.0 Å². The number of nitrogens with zero attached hydrogens (tertiary/aromatic N) is 2. The van der Waals surface area contributed by atoms with Gasteiger partial charge in [0, 0.05) is 0 Å². The summed E-state index contributed by atoms with van der Waals surface area (Å²) in [6, 6.07) is 0. The zero-order valence-electron chi connectivity index (χ0n) is 9.33. The van der Waals surface area contributed by atoms with E-state index in [1.165, 1.54) is 0 Å². The summed E-state index contributed by atoms with van der Waals surface area (Å²) in [4.78, 5) is 17.4. The molecule has 0 aromatic rings. The second kappa shape index (κ2) is 4.38. The first-order chi connectivity index (χ1) is 8.34. The van der Waals surface area contributed by atoms with Crippen molar-refractivity contribution in [2.24, 2.45) is 11.8 Å². The van der Waals surface area contributed by atoms with E-state index in [1.807, 2.05) is 0 Å². The Balaban J connectivity index is 1.92. The fraction of sp³-hybridized carbons (Fsp3) is 1.00. The molecule has 2 aliphatic carbocycles. The smallest absolute Gasteiger partial charge is 0.360 e. The Bertz CT molecular complexity index is 364. The summed E-state index contributed by atoms with van der Waals surface area (Å²) in [6.07, 6.45) is -0.196. The molecule has 2 fully saturated rings. The van der Waals surface area contributed by atoms with E-state index in [0.29, 0.717) is 12.8 Å². The standard InChI is InChI=1S/C9H12F2N2O5/c10-7-2-6-1-5(7)3-8(6)18-4-9(11,12(14)15)13(16)17/h5-8H,1-4H2/t5-,6-,7+,8+/m1/s1. The molecular weight excluding hydrogens is 254 g/mol. The van der Waals surface area contributed by atoms with E-state index in [2.05, 4.69) is 0 Å². The third-order valence-electron chi connectivity index (χ3n) is 3.75. The van der Waals surface area contributed by atoms with Crippen molar-refractivity contribution >= 4 is 0 Å². The summed E-state index contributed by atoms with van der Waals surface area (Å²) in [6.45, 7) is -1.24. The Morgan fingerprint density at radius 1 is 1.17 bits per heavy atom. The zero-order chi connectivity index (χ0) is 13.5. The minimum atomic E-state index is -3.82. The van der Waals surface area contributed by atoms with Crippen molar-refractivity contribution < 1.29 is 23.4 Å². The van der Waals surface area contributed by atoms with Gasteiger partial charge in [-0.3, -0.25) is 20.2 Å². The van der Waals surface area contributed by atoms with Crippen LogP contribution < -0.4 is 0 Å². The van der Waals surface area contributed by atoms with Crippen molar-refractivity contribution in [3.8, 4) is 0 Å². The van der Waals surface area contributed by atoms with Crippen molar-refractivity contribution in [2.45, 2.75) is 37.5 Å². The van der Waals surface area contributed by atoms with Crippen LogP contribution in [-0.2, 0) is 4.74 Å². The molecule has 9 heteroatoms. The topological polar surface area (TPSA) is 95.5 Å². The van der Waals surface area contributed by atoms with Crippen LogP contribution in [0.5, 0.6) is 0 Å². The molecule has 2 bridgehead atoms. The predicted molar refractivity (Wildman–Crippen MR) is 53.3 cm³/mol. The van der Waals surface area contributed by atoms with Gasteiger partial charge in [-0.25, -0.2) is 4.39 Å². The number of fused-ring (bicyclic) bond motifs is 2. The first kappa shape index (κ1) is 13.1. The van der Waals surface area contributed by atoms with E-state index in [1.54, 1.807) is 0 Å². The third-order valence-corrected chi connectivity index (χ3v) is 3.75. The van der Waals surface area contributed by atoms with Gasteiger partial charge in [0.05, 0.1) is 6.10 Å². The number of halogens is 2. The molecule has 2 saturated carbocycles. The fourth-order valence-corrected chi connectivity index (χ4v) is 2.74. The van der Waals surface area contributed by atoms with Gasteiger partial charge in [-0.2, -0.15) is 0 Å². The fourth-order valence-electron chi connectivity index (χ4n) is 2.74. The first-order valence-electron chi connectivity index (χ1n) is 5.58. The van der Waals surface area contributed by atoms with E-state index >= 15 is 0 Å². The van der Waals surface area contributed by atoms with Crippen LogP contribution in [0.15, 0.2) is 0 Å². The highest BCUT2D eigenvalue weighted by Gasteiger charge is 2.60. The van der Waals surface area contributed by atoms with Crippen molar-refractivity contribution in [3.63, 3.8) is 0 Å². The minimum Gasteiger partial charge on any atom is -0.360 e. The Labute approximate surface area is 100 Å². The van der Waals surface area contributed by atoms with Crippen molar-refractivity contribution in [3.05, 3.63) is 20.2 Å². The highest BCUT2D eigenvalue weighted by Crippen LogP contribution is 2.47. The molecular formula is C9H12F2N2O5. The summed E-state index contributed by atoms with van der Waals surface area (Å²) in [5.41, 5.74) is 0. The van der Waals surface area contributed by atoms with E-state index in [4.69, 9.17) is 4.74 Å². The lowest BCUT2D eigenvalue weighted by molar-refractivity contribution is -0.833. The van der Waals surface area contributed by atoms with Crippen molar-refractivity contribution in [1.82, 2.24) is 0 Å². The number of nitro groups is 2. The molecule has 0 heterocycles. The van der Waals surface area contributed by atoms with Crippen LogP contribution in [0.3, 0.4) is 0 Å². The number of hydrogen-bond acceptors (Lipinski definition) is 5. The van der Waals surface area contributed by atoms with Crippen LogP contribution in [-0.4, -0.2) is 34.6 Å². The number of hydrogen-bond donors (Lipinski definition) is 0. The second-order valence-electron chi connectivity index (χ2n) is 4.83. The average Bonchev–Trinajstić information content (AvgIpc) is 2.83. The molecule has 0 saturated heterocycles. The predicted octanol–water partition coefficient (Wildman–Crippen LogP) is 1.32. The molecule has 18 heavy (non-hydrogen) atoms. The van der Waals surface area contributed by atoms with Crippen LogP contribution in [0, 0.1) is 32.1 Å². The molecule has 0 radical (unpaired) electrons. The summed E-state index contributed by atoms with van der Waals surface area (Å²) in [5, 5.41) is 20.7. The minimum absolute atomic E-state index is 0.118. The Morgan fingerprint density at radius 3 is 2.17 bits per heavy atom. The molecule has 0 spiro atoms. The van der Waals surface area contributed by atoms with Gasteiger partial charge in [-0.05, 0) is 31.1 Å². The zero-order valence-corrected chi connectivity index (χ0v) is 9.33. The maximum Gasteiger partial charge on any atom is 0.637 e. The molecule has 102 valence electrons. The first-order valence-corrected chi connectivity index (χ1v) is 5.58. The van der Waals surface area contributed by atoms with Gasteiger partial charge in [0.2, 0.25) is 6.61 Å².